The van der Waals surface area contributed by atoms with Crippen molar-refractivity contribution in [3.05, 3.63) is 54.1 Å². The van der Waals surface area contributed by atoms with Crippen LogP contribution in [-0.2, 0) is 6.42 Å². The van der Waals surface area contributed by atoms with E-state index < -0.39 is 0 Å². The van der Waals surface area contributed by atoms with E-state index in [-0.39, 0.29) is 0 Å². The van der Waals surface area contributed by atoms with Crippen molar-refractivity contribution < 1.29 is 5.11 Å². The minimum absolute atomic E-state index is 0.303. The molecule has 0 radical (unpaired) electrons. The Morgan fingerprint density at radius 3 is 2.21 bits per heavy atom. The van der Waals surface area contributed by atoms with Gasteiger partial charge in [-0.05, 0) is 60.6 Å². The highest BCUT2D eigenvalue weighted by Gasteiger charge is 2.19. The van der Waals surface area contributed by atoms with Crippen LogP contribution in [0.1, 0.15) is 12.5 Å². The summed E-state index contributed by atoms with van der Waals surface area (Å²) < 4.78 is 0. The Morgan fingerprint density at radius 2 is 1.62 bits per heavy atom. The van der Waals surface area contributed by atoms with Gasteiger partial charge in [-0.25, -0.2) is 0 Å². The molecule has 2 aromatic rings. The average Bonchev–Trinajstić information content (AvgIpc) is 2.63. The SMILES string of the molecule is CCc1ccc(NC(=S)N2CCN(c3ccc(O)cc3)CC2)cc1. The molecule has 0 aromatic heterocycles. The Bertz CT molecular complexity index is 677. The monoisotopic (exact) mass is 341 g/mol. The molecule has 1 aliphatic heterocycles. The first-order valence-electron chi connectivity index (χ1n) is 8.34. The summed E-state index contributed by atoms with van der Waals surface area (Å²) in [5.74, 6) is 0.303. The van der Waals surface area contributed by atoms with Gasteiger partial charge in [0.25, 0.3) is 0 Å². The van der Waals surface area contributed by atoms with Crippen LogP contribution in [0.5, 0.6) is 5.75 Å². The molecule has 24 heavy (non-hydrogen) atoms. The van der Waals surface area contributed by atoms with E-state index in [4.69, 9.17) is 12.2 Å². The number of benzene rings is 2. The van der Waals surface area contributed by atoms with Crippen LogP contribution < -0.4 is 10.2 Å². The molecule has 0 saturated carbocycles. The smallest absolute Gasteiger partial charge is 0.173 e. The number of phenols is 1. The zero-order chi connectivity index (χ0) is 16.9. The van der Waals surface area contributed by atoms with Crippen LogP contribution in [-0.4, -0.2) is 41.3 Å². The van der Waals surface area contributed by atoms with Crippen molar-refractivity contribution in [1.29, 1.82) is 0 Å². The summed E-state index contributed by atoms with van der Waals surface area (Å²) in [4.78, 5) is 4.52. The molecule has 2 N–H and O–H groups in total. The van der Waals surface area contributed by atoms with Gasteiger partial charge in [-0.3, -0.25) is 0 Å². The van der Waals surface area contributed by atoms with Gasteiger partial charge in [-0.1, -0.05) is 19.1 Å². The van der Waals surface area contributed by atoms with Crippen LogP contribution in [0.25, 0.3) is 0 Å². The number of nitrogens with one attached hydrogen (secondary N) is 1. The predicted octanol–water partition coefficient (Wildman–Crippen LogP) is 3.47. The topological polar surface area (TPSA) is 38.7 Å². The summed E-state index contributed by atoms with van der Waals surface area (Å²) in [5.41, 5.74) is 3.51. The fourth-order valence-electron chi connectivity index (χ4n) is 2.86. The summed E-state index contributed by atoms with van der Waals surface area (Å²) >= 11 is 5.55. The molecule has 0 atom stereocenters. The number of piperazine rings is 1. The second-order valence-electron chi connectivity index (χ2n) is 5.97. The Balaban J connectivity index is 1.53. The van der Waals surface area contributed by atoms with Crippen LogP contribution in [0.15, 0.2) is 48.5 Å². The molecule has 3 rings (SSSR count). The molecule has 2 aromatic carbocycles. The molecule has 0 aliphatic carbocycles. The molecule has 4 nitrogen and oxygen atoms in total. The fourth-order valence-corrected chi connectivity index (χ4v) is 3.16. The van der Waals surface area contributed by atoms with Crippen molar-refractivity contribution in [2.24, 2.45) is 0 Å². The molecule has 126 valence electrons. The third-order valence-electron chi connectivity index (χ3n) is 4.40. The number of aromatic hydroxyl groups is 1. The Hall–Kier alpha value is -2.27. The highest BCUT2D eigenvalue weighted by Crippen LogP contribution is 2.20. The molecule has 0 spiro atoms. The third-order valence-corrected chi connectivity index (χ3v) is 4.76. The second-order valence-corrected chi connectivity index (χ2v) is 6.36. The van der Waals surface area contributed by atoms with E-state index in [1.54, 1.807) is 12.1 Å². The first-order valence-corrected chi connectivity index (χ1v) is 8.75. The van der Waals surface area contributed by atoms with Gasteiger partial charge in [0.15, 0.2) is 5.11 Å². The molecule has 5 heteroatoms. The highest BCUT2D eigenvalue weighted by molar-refractivity contribution is 7.80. The minimum atomic E-state index is 0.303. The number of nitrogens with zero attached hydrogens (tertiary/aromatic N) is 2. The number of thiocarbonyl (C=S) groups is 1. The lowest BCUT2D eigenvalue weighted by Crippen LogP contribution is -2.50. The summed E-state index contributed by atoms with van der Waals surface area (Å²) in [6, 6.07) is 15.8. The van der Waals surface area contributed by atoms with Crippen molar-refractivity contribution in [3.63, 3.8) is 0 Å². The van der Waals surface area contributed by atoms with Crippen molar-refractivity contribution in [2.75, 3.05) is 36.4 Å². The van der Waals surface area contributed by atoms with Crippen LogP contribution >= 0.6 is 12.2 Å². The van der Waals surface area contributed by atoms with Crippen molar-refractivity contribution in [3.8, 4) is 5.75 Å². The number of hydrogen-bond acceptors (Lipinski definition) is 3. The number of hydrogen-bond donors (Lipinski definition) is 2. The Labute approximate surface area is 148 Å². The van der Waals surface area contributed by atoms with Crippen molar-refractivity contribution in [2.45, 2.75) is 13.3 Å². The summed E-state index contributed by atoms with van der Waals surface area (Å²) in [6.45, 7) is 5.77. The molecule has 1 fully saturated rings. The van der Waals surface area contributed by atoms with E-state index in [2.05, 4.69) is 46.3 Å². The van der Waals surface area contributed by atoms with Gasteiger partial charge >= 0.3 is 0 Å². The quantitative estimate of drug-likeness (QED) is 0.837. The maximum atomic E-state index is 9.39. The van der Waals surface area contributed by atoms with Gasteiger partial charge in [0, 0.05) is 37.6 Å². The lowest BCUT2D eigenvalue weighted by Gasteiger charge is -2.37. The molecule has 1 heterocycles. The number of aryl methyl sites for hydroxylation is 1. The summed E-state index contributed by atoms with van der Waals surface area (Å²) in [5, 5.41) is 13.5. The molecular formula is C19H23N3OS. The second kappa shape index (κ2) is 7.53. The lowest BCUT2D eigenvalue weighted by molar-refractivity contribution is 0.391. The standard InChI is InChI=1S/C19H23N3OS/c1-2-15-3-5-16(6-4-15)20-19(24)22-13-11-21(12-14-22)17-7-9-18(23)10-8-17/h3-10,23H,2,11-14H2,1H3,(H,20,24). The zero-order valence-electron chi connectivity index (χ0n) is 13.9. The molecule has 1 aliphatic rings. The minimum Gasteiger partial charge on any atom is -0.508 e. The van der Waals surface area contributed by atoms with Gasteiger partial charge < -0.3 is 20.2 Å². The Morgan fingerprint density at radius 1 is 1.00 bits per heavy atom. The third kappa shape index (κ3) is 3.97. The van der Waals surface area contributed by atoms with E-state index in [0.29, 0.717) is 5.75 Å². The van der Waals surface area contributed by atoms with Gasteiger partial charge in [0.2, 0.25) is 0 Å². The van der Waals surface area contributed by atoms with E-state index in [1.807, 2.05) is 12.1 Å². The lowest BCUT2D eigenvalue weighted by atomic mass is 10.1. The maximum absolute atomic E-state index is 9.39. The van der Waals surface area contributed by atoms with Crippen LogP contribution in [0.3, 0.4) is 0 Å². The normalized spacial score (nSPS) is 14.5. The Kier molecular flexibility index (Phi) is 5.20. The van der Waals surface area contributed by atoms with Gasteiger partial charge in [-0.2, -0.15) is 0 Å². The fraction of sp³-hybridized carbons (Fsp3) is 0.316. The molecular weight excluding hydrogens is 318 g/mol. The average molecular weight is 341 g/mol. The van der Waals surface area contributed by atoms with Crippen molar-refractivity contribution in [1.82, 2.24) is 4.90 Å². The van der Waals surface area contributed by atoms with E-state index in [9.17, 15) is 5.11 Å². The van der Waals surface area contributed by atoms with Gasteiger partial charge in [0.05, 0.1) is 0 Å². The summed E-state index contributed by atoms with van der Waals surface area (Å²) in [6.07, 6.45) is 1.05. The van der Waals surface area contributed by atoms with E-state index in [1.165, 1.54) is 5.56 Å². The predicted molar refractivity (Wildman–Crippen MR) is 104 cm³/mol. The number of rotatable bonds is 3. The van der Waals surface area contributed by atoms with Gasteiger partial charge in [0.1, 0.15) is 5.75 Å². The first kappa shape index (κ1) is 16.6. The van der Waals surface area contributed by atoms with Crippen LogP contribution in [0.2, 0.25) is 0 Å². The largest absolute Gasteiger partial charge is 0.508 e. The molecule has 0 bridgehead atoms. The zero-order valence-corrected chi connectivity index (χ0v) is 14.7. The van der Waals surface area contributed by atoms with Crippen LogP contribution in [0.4, 0.5) is 11.4 Å². The van der Waals surface area contributed by atoms with Crippen LogP contribution in [0, 0.1) is 0 Å². The first-order chi connectivity index (χ1) is 11.7. The molecule has 1 saturated heterocycles. The van der Waals surface area contributed by atoms with Crippen molar-refractivity contribution >= 4 is 28.7 Å². The maximum Gasteiger partial charge on any atom is 0.173 e. The van der Waals surface area contributed by atoms with E-state index in [0.717, 1.165) is 49.1 Å². The van der Waals surface area contributed by atoms with E-state index >= 15 is 0 Å². The molecule has 0 amide bonds. The molecule has 0 unspecified atom stereocenters. The summed E-state index contributed by atoms with van der Waals surface area (Å²) in [7, 11) is 0. The number of anilines is 2. The highest BCUT2D eigenvalue weighted by atomic mass is 32.1. The van der Waals surface area contributed by atoms with Gasteiger partial charge in [-0.15, -0.1) is 0 Å². The number of phenolic OH excluding ortho intramolecular Hbond substituents is 1.